The Bertz CT molecular complexity index is 27.3. The fourth-order valence-electron chi connectivity index (χ4n) is 0.404. The van der Waals surface area contributed by atoms with E-state index >= 15 is 0 Å². The molecule has 0 aromatic rings. The van der Waals surface area contributed by atoms with Gasteiger partial charge < -0.3 is 5.73 Å². The lowest BCUT2D eigenvalue weighted by atomic mass is 10.5. The molecule has 0 bridgehead atoms. The first-order valence-corrected chi connectivity index (χ1v) is 4.24. The smallest absolute Gasteiger partial charge is 0.0375 e. The van der Waals surface area contributed by atoms with Gasteiger partial charge in [-0.3, -0.25) is 0 Å². The Hall–Kier alpha value is 0.177. The summed E-state index contributed by atoms with van der Waals surface area (Å²) in [6, 6.07) is 2.67. The minimum absolute atomic E-state index is 0.868. The second kappa shape index (κ2) is 6.18. The first-order chi connectivity index (χ1) is 3.41. The van der Waals surface area contributed by atoms with Gasteiger partial charge in [0.15, 0.2) is 0 Å². The van der Waals surface area contributed by atoms with Gasteiger partial charge in [-0.1, -0.05) is 19.0 Å². The maximum absolute atomic E-state index is 5.27. The van der Waals surface area contributed by atoms with Crippen LogP contribution in [0.15, 0.2) is 0 Å². The van der Waals surface area contributed by atoms with E-state index in [0.717, 1.165) is 16.1 Å². The molecule has 0 fully saturated rings. The molecule has 2 heteroatoms. The molecular formula is C5H13NSi. The Kier molecular flexibility index (Phi) is 6.33. The second-order valence-corrected chi connectivity index (χ2v) is 3.20. The van der Waals surface area contributed by atoms with Gasteiger partial charge in [-0.25, -0.2) is 0 Å². The van der Waals surface area contributed by atoms with E-state index in [1.165, 1.54) is 18.5 Å². The van der Waals surface area contributed by atoms with E-state index in [2.05, 4.69) is 6.92 Å². The van der Waals surface area contributed by atoms with E-state index in [1.54, 1.807) is 0 Å². The lowest BCUT2D eigenvalue weighted by molar-refractivity contribution is 0.923. The molecular weight excluding hydrogens is 102 g/mol. The summed E-state index contributed by atoms with van der Waals surface area (Å²) >= 11 is 0. The average molecular weight is 115 g/mol. The zero-order chi connectivity index (χ0) is 5.54. The third-order valence-electron chi connectivity index (χ3n) is 0.808. The Morgan fingerprint density at radius 3 is 2.71 bits per heavy atom. The minimum atomic E-state index is 0.868. The summed E-state index contributed by atoms with van der Waals surface area (Å²) in [5.41, 5.74) is 5.27. The molecule has 0 aliphatic carbocycles. The fourth-order valence-corrected chi connectivity index (χ4v) is 1.21. The quantitative estimate of drug-likeness (QED) is 0.427. The van der Waals surface area contributed by atoms with Crippen LogP contribution in [0.1, 0.15) is 13.3 Å². The molecule has 7 heavy (non-hydrogen) atoms. The molecule has 2 radical (unpaired) electrons. The van der Waals surface area contributed by atoms with Gasteiger partial charge in [-0.05, 0) is 13.0 Å². The molecule has 0 saturated heterocycles. The van der Waals surface area contributed by atoms with Crippen LogP contribution in [0.2, 0.25) is 12.1 Å². The van der Waals surface area contributed by atoms with E-state index < -0.39 is 0 Å². The molecule has 0 aliphatic rings. The predicted molar refractivity (Wildman–Crippen MR) is 34.7 cm³/mol. The van der Waals surface area contributed by atoms with Gasteiger partial charge in [-0.15, -0.1) is 0 Å². The molecule has 0 heterocycles. The van der Waals surface area contributed by atoms with Crippen molar-refractivity contribution >= 4 is 9.52 Å². The summed E-state index contributed by atoms with van der Waals surface area (Å²) in [5.74, 6) is 0. The Morgan fingerprint density at radius 1 is 1.57 bits per heavy atom. The van der Waals surface area contributed by atoms with Gasteiger partial charge in [-0.2, -0.15) is 0 Å². The molecule has 0 saturated carbocycles. The largest absolute Gasteiger partial charge is 0.330 e. The highest BCUT2D eigenvalue weighted by Gasteiger charge is 1.81. The van der Waals surface area contributed by atoms with Crippen molar-refractivity contribution in [1.29, 1.82) is 0 Å². The molecule has 0 aliphatic heterocycles. The normalized spacial score (nSPS) is 9.43. The number of hydrogen-bond acceptors (Lipinski definition) is 1. The van der Waals surface area contributed by atoms with Crippen LogP contribution < -0.4 is 5.73 Å². The van der Waals surface area contributed by atoms with Crippen molar-refractivity contribution in [3.05, 3.63) is 0 Å². The monoisotopic (exact) mass is 115 g/mol. The average Bonchev–Trinajstić information content (AvgIpc) is 1.69. The zero-order valence-corrected chi connectivity index (χ0v) is 5.91. The molecule has 2 N–H and O–H groups in total. The molecule has 0 rings (SSSR count). The Morgan fingerprint density at radius 2 is 2.29 bits per heavy atom. The minimum Gasteiger partial charge on any atom is -0.330 e. The Balaban J connectivity index is 2.45. The van der Waals surface area contributed by atoms with Gasteiger partial charge in [0.05, 0.1) is 0 Å². The highest BCUT2D eigenvalue weighted by Crippen LogP contribution is 1.87. The third kappa shape index (κ3) is 6.18. The topological polar surface area (TPSA) is 26.0 Å². The summed E-state index contributed by atoms with van der Waals surface area (Å²) in [6.45, 7) is 3.09. The fraction of sp³-hybridized carbons (Fsp3) is 1.00. The first kappa shape index (κ1) is 7.18. The lowest BCUT2D eigenvalue weighted by Crippen LogP contribution is -1.99. The lowest BCUT2D eigenvalue weighted by Gasteiger charge is -1.89. The molecule has 0 spiro atoms. The van der Waals surface area contributed by atoms with Crippen LogP contribution in [0.25, 0.3) is 0 Å². The Labute approximate surface area is 48.1 Å². The number of nitrogens with two attached hydrogens (primary N) is 1. The second-order valence-electron chi connectivity index (χ2n) is 1.50. The van der Waals surface area contributed by atoms with Crippen LogP contribution in [-0.2, 0) is 0 Å². The zero-order valence-electron chi connectivity index (χ0n) is 4.91. The van der Waals surface area contributed by atoms with Crippen LogP contribution in [0, 0.1) is 0 Å². The molecule has 0 atom stereocenters. The van der Waals surface area contributed by atoms with E-state index in [9.17, 15) is 0 Å². The maximum atomic E-state index is 5.27. The molecule has 0 amide bonds. The van der Waals surface area contributed by atoms with E-state index in [4.69, 9.17) is 5.73 Å². The highest BCUT2D eigenvalue weighted by molar-refractivity contribution is 6.35. The van der Waals surface area contributed by atoms with Crippen molar-refractivity contribution in [1.82, 2.24) is 0 Å². The SMILES string of the molecule is CC[Si]CCCN. The van der Waals surface area contributed by atoms with Crippen molar-refractivity contribution in [2.75, 3.05) is 6.54 Å². The van der Waals surface area contributed by atoms with Crippen LogP contribution in [-0.4, -0.2) is 16.1 Å². The van der Waals surface area contributed by atoms with Crippen molar-refractivity contribution in [3.63, 3.8) is 0 Å². The molecule has 0 unspecified atom stereocenters. The predicted octanol–water partition coefficient (Wildman–Crippen LogP) is 0.896. The van der Waals surface area contributed by atoms with Crippen molar-refractivity contribution in [3.8, 4) is 0 Å². The number of rotatable bonds is 4. The summed E-state index contributed by atoms with van der Waals surface area (Å²) in [6.07, 6.45) is 1.21. The molecule has 1 nitrogen and oxygen atoms in total. The third-order valence-corrected chi connectivity index (χ3v) is 2.01. The molecule has 42 valence electrons. The molecule has 0 aromatic heterocycles. The summed E-state index contributed by atoms with van der Waals surface area (Å²) < 4.78 is 0. The summed E-state index contributed by atoms with van der Waals surface area (Å²) in [4.78, 5) is 0. The summed E-state index contributed by atoms with van der Waals surface area (Å²) in [5, 5.41) is 0. The van der Waals surface area contributed by atoms with Crippen LogP contribution in [0.4, 0.5) is 0 Å². The van der Waals surface area contributed by atoms with E-state index in [0.29, 0.717) is 0 Å². The molecule has 0 aromatic carbocycles. The van der Waals surface area contributed by atoms with Crippen molar-refractivity contribution < 1.29 is 0 Å². The van der Waals surface area contributed by atoms with Crippen molar-refractivity contribution in [2.45, 2.75) is 25.4 Å². The van der Waals surface area contributed by atoms with Gasteiger partial charge >= 0.3 is 0 Å². The van der Waals surface area contributed by atoms with Crippen LogP contribution >= 0.6 is 0 Å². The van der Waals surface area contributed by atoms with Gasteiger partial charge in [0, 0.05) is 9.52 Å². The summed E-state index contributed by atoms with van der Waals surface area (Å²) in [7, 11) is 1.14. The van der Waals surface area contributed by atoms with Crippen LogP contribution in [0.5, 0.6) is 0 Å². The van der Waals surface area contributed by atoms with Gasteiger partial charge in [0.2, 0.25) is 0 Å². The van der Waals surface area contributed by atoms with E-state index in [1.807, 2.05) is 0 Å². The van der Waals surface area contributed by atoms with E-state index in [-0.39, 0.29) is 0 Å². The maximum Gasteiger partial charge on any atom is 0.0375 e. The van der Waals surface area contributed by atoms with Crippen molar-refractivity contribution in [2.24, 2.45) is 5.73 Å². The van der Waals surface area contributed by atoms with Gasteiger partial charge in [0.1, 0.15) is 0 Å². The van der Waals surface area contributed by atoms with Gasteiger partial charge in [0.25, 0.3) is 0 Å². The number of hydrogen-bond donors (Lipinski definition) is 1. The highest BCUT2D eigenvalue weighted by atomic mass is 28.2. The first-order valence-electron chi connectivity index (χ1n) is 2.82. The standard InChI is InChI=1S/C5H13NSi/c1-2-7-5-3-4-6/h2-6H2,1H3. The van der Waals surface area contributed by atoms with Crippen LogP contribution in [0.3, 0.4) is 0 Å².